The number of hydrogen-bond donors (Lipinski definition) is 1. The molecule has 0 spiro atoms. The monoisotopic (exact) mass is 288 g/mol. The average Bonchev–Trinajstić information content (AvgIpc) is 3.10. The SMILES string of the molecule is COc1ccc(-c2ccc(Cn3cn[nH]c3=O)s2)cn1. The van der Waals surface area contributed by atoms with Gasteiger partial charge in [-0.25, -0.2) is 14.9 Å². The lowest BCUT2D eigenvalue weighted by Gasteiger charge is -2.00. The minimum atomic E-state index is -0.203. The van der Waals surface area contributed by atoms with Crippen LogP contribution in [-0.2, 0) is 6.54 Å². The maximum atomic E-state index is 11.4. The molecule has 20 heavy (non-hydrogen) atoms. The van der Waals surface area contributed by atoms with Gasteiger partial charge in [0.25, 0.3) is 0 Å². The summed E-state index contributed by atoms with van der Waals surface area (Å²) in [4.78, 5) is 17.8. The summed E-state index contributed by atoms with van der Waals surface area (Å²) in [5.41, 5.74) is 0.827. The Morgan fingerprint density at radius 3 is 2.90 bits per heavy atom. The van der Waals surface area contributed by atoms with Crippen LogP contribution in [0.5, 0.6) is 5.88 Å². The van der Waals surface area contributed by atoms with Crippen molar-refractivity contribution < 1.29 is 4.74 Å². The van der Waals surface area contributed by atoms with Crippen LogP contribution in [0.3, 0.4) is 0 Å². The molecule has 0 amide bonds. The molecule has 3 rings (SSSR count). The molecule has 3 aromatic rings. The van der Waals surface area contributed by atoms with E-state index in [0.717, 1.165) is 15.3 Å². The minimum Gasteiger partial charge on any atom is -0.481 e. The number of thiophene rings is 1. The van der Waals surface area contributed by atoms with Crippen LogP contribution in [0.2, 0.25) is 0 Å². The van der Waals surface area contributed by atoms with Crippen molar-refractivity contribution in [1.82, 2.24) is 19.7 Å². The van der Waals surface area contributed by atoms with Crippen molar-refractivity contribution in [3.8, 4) is 16.3 Å². The predicted molar refractivity (Wildman–Crippen MR) is 76.1 cm³/mol. The van der Waals surface area contributed by atoms with E-state index in [2.05, 4.69) is 15.2 Å². The number of ether oxygens (including phenoxy) is 1. The van der Waals surface area contributed by atoms with Gasteiger partial charge < -0.3 is 4.74 Å². The van der Waals surface area contributed by atoms with E-state index in [9.17, 15) is 4.79 Å². The number of methoxy groups -OCH3 is 1. The lowest BCUT2D eigenvalue weighted by atomic mass is 10.2. The average molecular weight is 288 g/mol. The topological polar surface area (TPSA) is 72.8 Å². The van der Waals surface area contributed by atoms with Gasteiger partial charge in [0.1, 0.15) is 6.33 Å². The summed E-state index contributed by atoms with van der Waals surface area (Å²) in [6.45, 7) is 0.517. The number of rotatable bonds is 4. The second-order valence-corrected chi connectivity index (χ2v) is 5.31. The first kappa shape index (κ1) is 12.6. The Morgan fingerprint density at radius 1 is 1.35 bits per heavy atom. The van der Waals surface area contributed by atoms with Gasteiger partial charge in [-0.1, -0.05) is 0 Å². The molecule has 0 radical (unpaired) electrons. The molecular weight excluding hydrogens is 276 g/mol. The highest BCUT2D eigenvalue weighted by Crippen LogP contribution is 2.28. The molecule has 0 saturated carbocycles. The third kappa shape index (κ3) is 2.48. The van der Waals surface area contributed by atoms with E-state index < -0.39 is 0 Å². The van der Waals surface area contributed by atoms with Crippen LogP contribution in [0.1, 0.15) is 4.88 Å². The zero-order valence-electron chi connectivity index (χ0n) is 10.7. The largest absolute Gasteiger partial charge is 0.481 e. The summed E-state index contributed by atoms with van der Waals surface area (Å²) in [5, 5.41) is 6.09. The van der Waals surface area contributed by atoms with Crippen LogP contribution in [0.25, 0.3) is 10.4 Å². The van der Waals surface area contributed by atoms with Gasteiger partial charge in [-0.2, -0.15) is 5.10 Å². The number of nitrogens with zero attached hydrogens (tertiary/aromatic N) is 3. The van der Waals surface area contributed by atoms with E-state index in [0.29, 0.717) is 12.4 Å². The number of pyridine rings is 1. The van der Waals surface area contributed by atoms with Crippen molar-refractivity contribution in [2.75, 3.05) is 7.11 Å². The van der Waals surface area contributed by atoms with E-state index in [1.807, 2.05) is 24.3 Å². The summed E-state index contributed by atoms with van der Waals surface area (Å²) in [6, 6.07) is 7.82. The molecule has 3 heterocycles. The molecule has 3 aromatic heterocycles. The second kappa shape index (κ2) is 5.30. The smallest absolute Gasteiger partial charge is 0.343 e. The zero-order chi connectivity index (χ0) is 13.9. The Morgan fingerprint density at radius 2 is 2.25 bits per heavy atom. The number of H-pyrrole nitrogens is 1. The summed E-state index contributed by atoms with van der Waals surface area (Å²) in [7, 11) is 1.59. The highest BCUT2D eigenvalue weighted by atomic mass is 32.1. The van der Waals surface area contributed by atoms with Crippen molar-refractivity contribution in [1.29, 1.82) is 0 Å². The number of aromatic amines is 1. The van der Waals surface area contributed by atoms with Crippen LogP contribution in [-0.4, -0.2) is 26.9 Å². The molecule has 102 valence electrons. The van der Waals surface area contributed by atoms with Crippen molar-refractivity contribution in [2.24, 2.45) is 0 Å². The van der Waals surface area contributed by atoms with E-state index in [4.69, 9.17) is 4.74 Å². The van der Waals surface area contributed by atoms with Gasteiger partial charge >= 0.3 is 5.69 Å². The second-order valence-electron chi connectivity index (χ2n) is 4.14. The van der Waals surface area contributed by atoms with Crippen LogP contribution in [0.4, 0.5) is 0 Å². The molecule has 0 aromatic carbocycles. The molecule has 7 heteroatoms. The van der Waals surface area contributed by atoms with Crippen molar-refractivity contribution in [3.63, 3.8) is 0 Å². The third-order valence-corrected chi connectivity index (χ3v) is 3.96. The summed E-state index contributed by atoms with van der Waals surface area (Å²) >= 11 is 1.62. The first-order valence-corrected chi connectivity index (χ1v) is 6.77. The normalized spacial score (nSPS) is 10.7. The van der Waals surface area contributed by atoms with Gasteiger partial charge in [-0.3, -0.25) is 4.57 Å². The number of nitrogens with one attached hydrogen (secondary N) is 1. The van der Waals surface area contributed by atoms with Crippen molar-refractivity contribution >= 4 is 11.3 Å². The van der Waals surface area contributed by atoms with Crippen LogP contribution < -0.4 is 10.4 Å². The molecule has 0 aliphatic carbocycles. The summed E-state index contributed by atoms with van der Waals surface area (Å²) < 4.78 is 6.57. The highest BCUT2D eigenvalue weighted by Gasteiger charge is 2.06. The molecular formula is C13H12N4O2S. The fraction of sp³-hybridized carbons (Fsp3) is 0.154. The van der Waals surface area contributed by atoms with E-state index in [-0.39, 0.29) is 5.69 Å². The van der Waals surface area contributed by atoms with Crippen molar-refractivity contribution in [3.05, 3.63) is 52.2 Å². The Bertz CT molecular complexity index is 757. The van der Waals surface area contributed by atoms with Gasteiger partial charge in [-0.05, 0) is 18.2 Å². The fourth-order valence-corrected chi connectivity index (χ4v) is 2.81. The third-order valence-electron chi connectivity index (χ3n) is 2.84. The lowest BCUT2D eigenvalue weighted by molar-refractivity contribution is 0.398. The van der Waals surface area contributed by atoms with Crippen LogP contribution in [0, 0.1) is 0 Å². The highest BCUT2D eigenvalue weighted by molar-refractivity contribution is 7.15. The van der Waals surface area contributed by atoms with Crippen LogP contribution in [0.15, 0.2) is 41.6 Å². The van der Waals surface area contributed by atoms with E-state index in [1.54, 1.807) is 24.6 Å². The van der Waals surface area contributed by atoms with Gasteiger partial charge in [0.05, 0.1) is 13.7 Å². The maximum absolute atomic E-state index is 11.4. The first-order valence-electron chi connectivity index (χ1n) is 5.95. The summed E-state index contributed by atoms with van der Waals surface area (Å²) in [6.07, 6.45) is 3.27. The quantitative estimate of drug-likeness (QED) is 0.794. The predicted octanol–water partition coefficient (Wildman–Crippen LogP) is 1.75. The van der Waals surface area contributed by atoms with Crippen LogP contribution >= 0.6 is 11.3 Å². The number of aromatic nitrogens is 4. The zero-order valence-corrected chi connectivity index (χ0v) is 11.6. The Balaban J connectivity index is 1.82. The minimum absolute atomic E-state index is 0.203. The molecule has 0 fully saturated rings. The maximum Gasteiger partial charge on any atom is 0.343 e. The Labute approximate surface area is 118 Å². The van der Waals surface area contributed by atoms with Crippen molar-refractivity contribution in [2.45, 2.75) is 6.54 Å². The van der Waals surface area contributed by atoms with E-state index in [1.165, 1.54) is 10.9 Å². The van der Waals surface area contributed by atoms with Gasteiger partial charge in [0, 0.05) is 27.6 Å². The van der Waals surface area contributed by atoms with Gasteiger partial charge in [-0.15, -0.1) is 11.3 Å². The molecule has 6 nitrogen and oxygen atoms in total. The lowest BCUT2D eigenvalue weighted by Crippen LogP contribution is -2.16. The molecule has 0 atom stereocenters. The van der Waals surface area contributed by atoms with Gasteiger partial charge in [0.15, 0.2) is 0 Å². The molecule has 0 aliphatic heterocycles. The Kier molecular flexibility index (Phi) is 3.34. The van der Waals surface area contributed by atoms with E-state index >= 15 is 0 Å². The fourth-order valence-electron chi connectivity index (χ4n) is 1.82. The molecule has 1 N–H and O–H groups in total. The standard InChI is InChI=1S/C13H12N4O2S/c1-19-12-5-2-9(6-14-12)11-4-3-10(20-11)7-17-8-15-16-13(17)18/h2-6,8H,7H2,1H3,(H,16,18). The molecule has 0 unspecified atom stereocenters. The number of hydrogen-bond acceptors (Lipinski definition) is 5. The summed E-state index contributed by atoms with van der Waals surface area (Å²) in [5.74, 6) is 0.593. The molecule has 0 aliphatic rings. The molecule has 0 bridgehead atoms. The van der Waals surface area contributed by atoms with Gasteiger partial charge in [0.2, 0.25) is 5.88 Å². The first-order chi connectivity index (χ1) is 9.76. The molecule has 0 saturated heterocycles. The Hall–Kier alpha value is -2.41.